The summed E-state index contributed by atoms with van der Waals surface area (Å²) in [6, 6.07) is 7.48. The predicted molar refractivity (Wildman–Crippen MR) is 97.0 cm³/mol. The van der Waals surface area contributed by atoms with E-state index in [2.05, 4.69) is 10.3 Å². The number of anilines is 1. The van der Waals surface area contributed by atoms with Gasteiger partial charge >= 0.3 is 0 Å². The van der Waals surface area contributed by atoms with Gasteiger partial charge in [-0.2, -0.15) is 0 Å². The molecule has 130 valence electrons. The quantitative estimate of drug-likeness (QED) is 0.789. The zero-order chi connectivity index (χ0) is 18.1. The summed E-state index contributed by atoms with van der Waals surface area (Å²) in [4.78, 5) is 29.8. The van der Waals surface area contributed by atoms with Gasteiger partial charge in [-0.05, 0) is 31.4 Å². The third-order valence-corrected chi connectivity index (χ3v) is 4.04. The van der Waals surface area contributed by atoms with E-state index in [1.54, 1.807) is 6.92 Å². The van der Waals surface area contributed by atoms with Gasteiger partial charge in [0.15, 0.2) is 0 Å². The van der Waals surface area contributed by atoms with Gasteiger partial charge in [-0.25, -0.2) is 4.98 Å². The molecule has 6 heteroatoms. The molecule has 0 atom stereocenters. The maximum atomic E-state index is 12.8. The van der Waals surface area contributed by atoms with E-state index < -0.39 is 0 Å². The lowest BCUT2D eigenvalue weighted by molar-refractivity contribution is 0.102. The number of fused-ring (bicyclic) bond motifs is 1. The number of amides is 1. The van der Waals surface area contributed by atoms with Crippen molar-refractivity contribution in [1.82, 2.24) is 9.55 Å². The van der Waals surface area contributed by atoms with Crippen molar-refractivity contribution < 1.29 is 9.21 Å². The number of aryl methyl sites for hydroxylation is 2. The van der Waals surface area contributed by atoms with Crippen LogP contribution >= 0.6 is 0 Å². The van der Waals surface area contributed by atoms with Crippen LogP contribution in [0, 0.1) is 19.8 Å². The Morgan fingerprint density at radius 3 is 2.68 bits per heavy atom. The van der Waals surface area contributed by atoms with Crippen LogP contribution < -0.4 is 10.9 Å². The summed E-state index contributed by atoms with van der Waals surface area (Å²) in [6.45, 7) is 8.14. The van der Waals surface area contributed by atoms with Crippen molar-refractivity contribution in [3.63, 3.8) is 0 Å². The highest BCUT2D eigenvalue weighted by molar-refractivity contribution is 6.12. The number of rotatable bonds is 4. The van der Waals surface area contributed by atoms with Crippen LogP contribution in [-0.2, 0) is 6.54 Å². The third kappa shape index (κ3) is 3.20. The lowest BCUT2D eigenvalue weighted by atomic mass is 10.1. The molecule has 0 aliphatic heterocycles. The van der Waals surface area contributed by atoms with Gasteiger partial charge in [0.1, 0.15) is 17.5 Å². The first-order valence-corrected chi connectivity index (χ1v) is 8.24. The highest BCUT2D eigenvalue weighted by atomic mass is 16.3. The smallest absolute Gasteiger partial charge is 0.265 e. The lowest BCUT2D eigenvalue weighted by Gasteiger charge is -2.09. The van der Waals surface area contributed by atoms with Gasteiger partial charge in [-0.1, -0.05) is 32.0 Å². The number of para-hydroxylation sites is 1. The van der Waals surface area contributed by atoms with Crippen LogP contribution in [0.1, 0.15) is 35.5 Å². The molecule has 2 heterocycles. The van der Waals surface area contributed by atoms with Crippen LogP contribution in [0.25, 0.3) is 11.1 Å². The van der Waals surface area contributed by atoms with Crippen molar-refractivity contribution in [2.45, 2.75) is 34.2 Å². The minimum Gasteiger partial charge on any atom is -0.442 e. The molecule has 3 aromatic rings. The number of nitrogens with zero attached hydrogens (tertiary/aromatic N) is 2. The average molecular weight is 339 g/mol. The standard InChI is InChI=1S/C19H21N3O3/c1-11(2)9-22-10-20-18-16(19(22)24)15(13(4)25-18)17(23)21-14-8-6-5-7-12(14)3/h5-8,10-11H,9H2,1-4H3,(H,21,23). The molecule has 2 aromatic heterocycles. The molecule has 0 spiro atoms. The maximum absolute atomic E-state index is 12.8. The second-order valence-corrected chi connectivity index (χ2v) is 6.58. The molecular formula is C19H21N3O3. The van der Waals surface area contributed by atoms with Crippen LogP contribution in [0.5, 0.6) is 0 Å². The van der Waals surface area contributed by atoms with Crippen LogP contribution in [0.15, 0.2) is 39.8 Å². The first-order valence-electron chi connectivity index (χ1n) is 8.24. The molecule has 0 radical (unpaired) electrons. The predicted octanol–water partition coefficient (Wildman–Crippen LogP) is 3.51. The number of furan rings is 1. The molecule has 1 amide bonds. The molecule has 0 unspecified atom stereocenters. The van der Waals surface area contributed by atoms with Crippen LogP contribution in [0.4, 0.5) is 5.69 Å². The summed E-state index contributed by atoms with van der Waals surface area (Å²) in [7, 11) is 0. The van der Waals surface area contributed by atoms with E-state index in [-0.39, 0.29) is 34.0 Å². The number of benzene rings is 1. The van der Waals surface area contributed by atoms with Crippen molar-refractivity contribution >= 4 is 22.7 Å². The molecule has 3 rings (SSSR count). The first kappa shape index (κ1) is 17.0. The topological polar surface area (TPSA) is 77.1 Å². The molecular weight excluding hydrogens is 318 g/mol. The number of aromatic nitrogens is 2. The second-order valence-electron chi connectivity index (χ2n) is 6.58. The zero-order valence-corrected chi connectivity index (χ0v) is 14.8. The summed E-state index contributed by atoms with van der Waals surface area (Å²) in [6.07, 6.45) is 1.47. The molecule has 1 aromatic carbocycles. The normalized spacial score (nSPS) is 11.2. The maximum Gasteiger partial charge on any atom is 0.265 e. The summed E-state index contributed by atoms with van der Waals surface area (Å²) in [5.74, 6) is 0.300. The number of nitrogens with one attached hydrogen (secondary N) is 1. The van der Waals surface area contributed by atoms with Gasteiger partial charge < -0.3 is 9.73 Å². The molecule has 1 N–H and O–H groups in total. The highest BCUT2D eigenvalue weighted by Crippen LogP contribution is 2.23. The molecule has 0 saturated heterocycles. The van der Waals surface area contributed by atoms with E-state index in [9.17, 15) is 9.59 Å². The molecule has 0 fully saturated rings. The SMILES string of the molecule is Cc1ccccc1NC(=O)c1c(C)oc2ncn(CC(C)C)c(=O)c12. The van der Waals surface area contributed by atoms with E-state index in [0.717, 1.165) is 5.56 Å². The fraction of sp³-hybridized carbons (Fsp3) is 0.316. The van der Waals surface area contributed by atoms with Crippen molar-refractivity contribution in [2.24, 2.45) is 5.92 Å². The molecule has 0 aliphatic carbocycles. The van der Waals surface area contributed by atoms with Gasteiger partial charge in [-0.3, -0.25) is 14.2 Å². The summed E-state index contributed by atoms with van der Waals surface area (Å²) >= 11 is 0. The third-order valence-electron chi connectivity index (χ3n) is 4.04. The molecule has 0 bridgehead atoms. The van der Waals surface area contributed by atoms with Crippen LogP contribution in [-0.4, -0.2) is 15.5 Å². The molecule has 6 nitrogen and oxygen atoms in total. The zero-order valence-electron chi connectivity index (χ0n) is 14.8. The van der Waals surface area contributed by atoms with Crippen molar-refractivity contribution in [1.29, 1.82) is 0 Å². The minimum atomic E-state index is -0.369. The van der Waals surface area contributed by atoms with Gasteiger partial charge in [0.05, 0.1) is 5.56 Å². The Balaban J connectivity index is 2.09. The number of carbonyl (C=O) groups excluding carboxylic acids is 1. The van der Waals surface area contributed by atoms with Crippen LogP contribution in [0.3, 0.4) is 0 Å². The summed E-state index contributed by atoms with van der Waals surface area (Å²) < 4.78 is 7.06. The van der Waals surface area contributed by atoms with Gasteiger partial charge in [-0.15, -0.1) is 0 Å². The van der Waals surface area contributed by atoms with Crippen molar-refractivity contribution in [2.75, 3.05) is 5.32 Å². The number of hydrogen-bond acceptors (Lipinski definition) is 4. The Morgan fingerprint density at radius 1 is 1.28 bits per heavy atom. The van der Waals surface area contributed by atoms with E-state index in [1.165, 1.54) is 10.9 Å². The lowest BCUT2D eigenvalue weighted by Crippen LogP contribution is -2.24. The molecule has 0 saturated carbocycles. The minimum absolute atomic E-state index is 0.192. The fourth-order valence-electron chi connectivity index (χ4n) is 2.83. The Kier molecular flexibility index (Phi) is 4.44. The summed E-state index contributed by atoms with van der Waals surface area (Å²) in [5.41, 5.74) is 1.82. The Morgan fingerprint density at radius 2 is 2.00 bits per heavy atom. The Labute approximate surface area is 145 Å². The number of carbonyl (C=O) groups is 1. The molecule has 25 heavy (non-hydrogen) atoms. The monoisotopic (exact) mass is 339 g/mol. The molecule has 0 aliphatic rings. The number of hydrogen-bond donors (Lipinski definition) is 1. The highest BCUT2D eigenvalue weighted by Gasteiger charge is 2.23. The van der Waals surface area contributed by atoms with Crippen molar-refractivity contribution in [3.05, 3.63) is 57.8 Å². The average Bonchev–Trinajstić information content (AvgIpc) is 2.89. The van der Waals surface area contributed by atoms with Gasteiger partial charge in [0, 0.05) is 12.2 Å². The largest absolute Gasteiger partial charge is 0.442 e. The van der Waals surface area contributed by atoms with Crippen LogP contribution in [0.2, 0.25) is 0 Å². The van der Waals surface area contributed by atoms with E-state index in [0.29, 0.717) is 18.0 Å². The fourth-order valence-corrected chi connectivity index (χ4v) is 2.83. The van der Waals surface area contributed by atoms with E-state index >= 15 is 0 Å². The van der Waals surface area contributed by atoms with E-state index in [1.807, 2.05) is 45.0 Å². The van der Waals surface area contributed by atoms with Crippen molar-refractivity contribution in [3.8, 4) is 0 Å². The van der Waals surface area contributed by atoms with Gasteiger partial charge in [0.25, 0.3) is 11.5 Å². The Hall–Kier alpha value is -2.89. The first-order chi connectivity index (χ1) is 11.9. The van der Waals surface area contributed by atoms with E-state index in [4.69, 9.17) is 4.42 Å². The second kappa shape index (κ2) is 6.55. The van der Waals surface area contributed by atoms with Gasteiger partial charge in [0.2, 0.25) is 5.71 Å². The summed E-state index contributed by atoms with van der Waals surface area (Å²) in [5, 5.41) is 3.09. The Bertz CT molecular complexity index is 999.